The molecule has 0 fully saturated rings. The molecule has 0 aliphatic heterocycles. The van der Waals surface area contributed by atoms with Gasteiger partial charge in [0.05, 0.1) is 10.1 Å². The molecule has 0 saturated heterocycles. The number of nitrogens with zero attached hydrogens (tertiary/aromatic N) is 4. The molecule has 0 bridgehead atoms. The van der Waals surface area contributed by atoms with Gasteiger partial charge in [0.1, 0.15) is 0 Å². The molecule has 6 nitrogen and oxygen atoms in total. The molecule has 0 saturated carbocycles. The fourth-order valence-electron chi connectivity index (χ4n) is 2.18. The molecule has 4 aromatic heterocycles. The molecular formula is C16H15N5OS4. The maximum atomic E-state index is 5.40. The molecule has 0 amide bonds. The van der Waals surface area contributed by atoms with Gasteiger partial charge in [0.15, 0.2) is 4.34 Å². The van der Waals surface area contributed by atoms with E-state index >= 15 is 0 Å². The number of nitrogens with one attached hydrogen (secondary N) is 1. The van der Waals surface area contributed by atoms with Crippen molar-refractivity contribution in [3.63, 3.8) is 0 Å². The van der Waals surface area contributed by atoms with Gasteiger partial charge in [-0.15, -0.1) is 32.9 Å². The van der Waals surface area contributed by atoms with Gasteiger partial charge in [0, 0.05) is 11.4 Å². The van der Waals surface area contributed by atoms with Crippen LogP contribution in [0.2, 0.25) is 0 Å². The van der Waals surface area contributed by atoms with Crippen molar-refractivity contribution < 1.29 is 4.52 Å². The summed E-state index contributed by atoms with van der Waals surface area (Å²) >= 11 is 6.48. The Balaban J connectivity index is 1.32. The van der Waals surface area contributed by atoms with Crippen molar-refractivity contribution in [3.05, 3.63) is 45.8 Å². The van der Waals surface area contributed by atoms with Crippen LogP contribution in [0.3, 0.4) is 0 Å². The Morgan fingerprint density at radius 2 is 2.08 bits per heavy atom. The molecular weight excluding hydrogens is 406 g/mol. The van der Waals surface area contributed by atoms with Crippen LogP contribution in [0.25, 0.3) is 10.7 Å². The zero-order valence-corrected chi connectivity index (χ0v) is 17.1. The second-order valence-corrected chi connectivity index (χ2v) is 9.87. The highest BCUT2D eigenvalue weighted by atomic mass is 32.2. The third kappa shape index (κ3) is 4.32. The van der Waals surface area contributed by atoms with Crippen molar-refractivity contribution in [2.24, 2.45) is 0 Å². The predicted octanol–water partition coefficient (Wildman–Crippen LogP) is 5.22. The van der Waals surface area contributed by atoms with Gasteiger partial charge in [0.2, 0.25) is 16.8 Å². The van der Waals surface area contributed by atoms with Crippen LogP contribution in [0.1, 0.15) is 22.9 Å². The van der Waals surface area contributed by atoms with Crippen molar-refractivity contribution in [3.8, 4) is 10.7 Å². The van der Waals surface area contributed by atoms with E-state index in [1.807, 2.05) is 24.4 Å². The Labute approximate surface area is 166 Å². The highest BCUT2D eigenvalue weighted by Crippen LogP contribution is 2.37. The lowest BCUT2D eigenvalue weighted by Gasteiger charge is -2.01. The third-order valence-electron chi connectivity index (χ3n) is 3.44. The first kappa shape index (κ1) is 17.7. The van der Waals surface area contributed by atoms with E-state index in [0.29, 0.717) is 11.7 Å². The second kappa shape index (κ2) is 8.30. The quantitative estimate of drug-likeness (QED) is 0.391. The van der Waals surface area contributed by atoms with Gasteiger partial charge in [-0.25, -0.2) is 0 Å². The zero-order chi connectivity index (χ0) is 17.8. The van der Waals surface area contributed by atoms with Crippen molar-refractivity contribution >= 4 is 50.9 Å². The predicted molar refractivity (Wildman–Crippen MR) is 108 cm³/mol. The van der Waals surface area contributed by atoms with Crippen LogP contribution in [0, 0.1) is 0 Å². The Bertz CT molecular complexity index is 932. The molecule has 4 rings (SSSR count). The van der Waals surface area contributed by atoms with Crippen molar-refractivity contribution in [1.82, 2.24) is 20.3 Å². The van der Waals surface area contributed by atoms with E-state index in [0.717, 1.165) is 27.3 Å². The van der Waals surface area contributed by atoms with E-state index in [1.54, 1.807) is 45.8 Å². The zero-order valence-electron chi connectivity index (χ0n) is 13.8. The van der Waals surface area contributed by atoms with E-state index in [1.165, 1.54) is 4.88 Å². The standard InChI is InChI=1S/C16H15N5OS4/c1-10(14-18-13(21-22-14)12-5-3-9-24-12)25-16-20-19-15(26-16)17-7-6-11-4-2-8-23-11/h2-5,8-10H,6-7H2,1H3,(H,17,19)/t10-/m0/s1. The summed E-state index contributed by atoms with van der Waals surface area (Å²) in [5.74, 6) is 1.23. The normalized spacial score (nSPS) is 12.3. The van der Waals surface area contributed by atoms with Crippen LogP contribution < -0.4 is 5.32 Å². The first-order chi connectivity index (χ1) is 12.8. The minimum atomic E-state index is 0.0168. The van der Waals surface area contributed by atoms with E-state index in [9.17, 15) is 0 Å². The maximum Gasteiger partial charge on any atom is 0.240 e. The maximum absolute atomic E-state index is 5.40. The van der Waals surface area contributed by atoms with E-state index < -0.39 is 0 Å². The molecule has 0 radical (unpaired) electrons. The number of hydrogen-bond acceptors (Lipinski definition) is 10. The number of thioether (sulfide) groups is 1. The van der Waals surface area contributed by atoms with Crippen LogP contribution in [0.5, 0.6) is 0 Å². The third-order valence-corrected chi connectivity index (χ3v) is 7.30. The van der Waals surface area contributed by atoms with E-state index in [4.69, 9.17) is 4.52 Å². The Morgan fingerprint density at radius 3 is 2.88 bits per heavy atom. The van der Waals surface area contributed by atoms with Crippen molar-refractivity contribution in [2.75, 3.05) is 11.9 Å². The summed E-state index contributed by atoms with van der Waals surface area (Å²) in [6.45, 7) is 2.88. The van der Waals surface area contributed by atoms with Crippen LogP contribution in [0.15, 0.2) is 43.9 Å². The topological polar surface area (TPSA) is 76.7 Å². The number of rotatable bonds is 8. The molecule has 1 N–H and O–H groups in total. The number of hydrogen-bond donors (Lipinski definition) is 1. The molecule has 0 aromatic carbocycles. The van der Waals surface area contributed by atoms with E-state index in [-0.39, 0.29) is 5.25 Å². The van der Waals surface area contributed by atoms with Gasteiger partial charge in [-0.3, -0.25) is 0 Å². The summed E-state index contributed by atoms with van der Waals surface area (Å²) in [5, 5.41) is 20.8. The monoisotopic (exact) mass is 421 g/mol. The number of aromatic nitrogens is 4. The van der Waals surface area contributed by atoms with Gasteiger partial charge in [-0.05, 0) is 36.2 Å². The van der Waals surface area contributed by atoms with E-state index in [2.05, 4.69) is 43.2 Å². The molecule has 26 heavy (non-hydrogen) atoms. The number of anilines is 1. The summed E-state index contributed by atoms with van der Waals surface area (Å²) in [6, 6.07) is 8.17. The average molecular weight is 422 g/mol. The Morgan fingerprint density at radius 1 is 1.19 bits per heavy atom. The average Bonchev–Trinajstić information content (AvgIpc) is 3.42. The molecule has 0 aliphatic carbocycles. The molecule has 0 aliphatic rings. The summed E-state index contributed by atoms with van der Waals surface area (Å²) in [7, 11) is 0. The van der Waals surface area contributed by atoms with Gasteiger partial charge >= 0.3 is 0 Å². The second-order valence-electron chi connectivity index (χ2n) is 5.32. The Kier molecular flexibility index (Phi) is 5.63. The van der Waals surface area contributed by atoms with Gasteiger partial charge in [0.25, 0.3) is 0 Å². The summed E-state index contributed by atoms with van der Waals surface area (Å²) < 4.78 is 6.28. The van der Waals surface area contributed by atoms with Crippen molar-refractivity contribution in [2.45, 2.75) is 22.9 Å². The summed E-state index contributed by atoms with van der Waals surface area (Å²) in [4.78, 5) is 6.86. The highest BCUT2D eigenvalue weighted by molar-refractivity contribution is 8.01. The molecule has 10 heteroatoms. The minimum Gasteiger partial charge on any atom is -0.360 e. The van der Waals surface area contributed by atoms with Crippen LogP contribution in [-0.4, -0.2) is 26.9 Å². The van der Waals surface area contributed by atoms with Crippen LogP contribution in [-0.2, 0) is 6.42 Å². The summed E-state index contributed by atoms with van der Waals surface area (Å²) in [5.41, 5.74) is 0. The largest absolute Gasteiger partial charge is 0.360 e. The smallest absolute Gasteiger partial charge is 0.240 e. The van der Waals surface area contributed by atoms with Gasteiger partial charge in [-0.1, -0.05) is 40.4 Å². The first-order valence-electron chi connectivity index (χ1n) is 7.92. The van der Waals surface area contributed by atoms with Crippen LogP contribution >= 0.6 is 45.8 Å². The lowest BCUT2D eigenvalue weighted by molar-refractivity contribution is 0.381. The molecule has 4 heterocycles. The fourth-order valence-corrected chi connectivity index (χ4v) is 5.49. The summed E-state index contributed by atoms with van der Waals surface area (Å²) in [6.07, 6.45) is 0.990. The minimum absolute atomic E-state index is 0.0168. The highest BCUT2D eigenvalue weighted by Gasteiger charge is 2.19. The first-order valence-corrected chi connectivity index (χ1v) is 11.4. The fraction of sp³-hybridized carbons (Fsp3) is 0.250. The molecule has 0 spiro atoms. The molecule has 0 unspecified atom stereocenters. The number of thiophene rings is 2. The molecule has 1 atom stereocenters. The SMILES string of the molecule is C[C@H](Sc1nnc(NCCc2cccs2)s1)c1nc(-c2cccs2)no1. The van der Waals surface area contributed by atoms with Crippen molar-refractivity contribution in [1.29, 1.82) is 0 Å². The lowest BCUT2D eigenvalue weighted by atomic mass is 10.3. The van der Waals surface area contributed by atoms with Crippen LogP contribution in [0.4, 0.5) is 5.13 Å². The van der Waals surface area contributed by atoms with Gasteiger partial charge in [-0.2, -0.15) is 4.98 Å². The molecule has 134 valence electrons. The lowest BCUT2D eigenvalue weighted by Crippen LogP contribution is -2.03. The Hall–Kier alpha value is -1.75. The molecule has 4 aromatic rings. The van der Waals surface area contributed by atoms with Gasteiger partial charge < -0.3 is 9.84 Å².